The average Bonchev–Trinajstić information content (AvgIpc) is 2.83. The van der Waals surface area contributed by atoms with Crippen molar-refractivity contribution in [2.45, 2.75) is 51.3 Å². The van der Waals surface area contributed by atoms with E-state index in [0.717, 1.165) is 21.8 Å². The number of rotatable bonds is 6. The van der Waals surface area contributed by atoms with Crippen molar-refractivity contribution in [3.05, 3.63) is 68.2 Å². The Morgan fingerprint density at radius 2 is 1.78 bits per heavy atom. The van der Waals surface area contributed by atoms with Crippen molar-refractivity contribution in [2.24, 2.45) is 0 Å². The first-order chi connectivity index (χ1) is 17.5. The van der Waals surface area contributed by atoms with Gasteiger partial charge in [-0.15, -0.1) is 11.8 Å². The lowest BCUT2D eigenvalue weighted by molar-refractivity contribution is 0.0139. The van der Waals surface area contributed by atoms with Crippen molar-refractivity contribution >= 4 is 52.0 Å². The predicted molar refractivity (Wildman–Crippen MR) is 151 cm³/mol. The highest BCUT2D eigenvalue weighted by molar-refractivity contribution is 7.99. The zero-order chi connectivity index (χ0) is 26.7. The maximum atomic E-state index is 13.3. The number of carbonyl (C=O) groups is 1. The third kappa shape index (κ3) is 6.99. The highest BCUT2D eigenvalue weighted by Crippen LogP contribution is 2.27. The molecule has 2 aromatic carbocycles. The van der Waals surface area contributed by atoms with Crippen molar-refractivity contribution in [3.8, 4) is 0 Å². The average molecular weight is 564 g/mol. The lowest BCUT2D eigenvalue weighted by Gasteiger charge is -2.35. The minimum absolute atomic E-state index is 0.142. The van der Waals surface area contributed by atoms with Crippen LogP contribution in [0.25, 0.3) is 10.9 Å². The van der Waals surface area contributed by atoms with Gasteiger partial charge in [0, 0.05) is 47.7 Å². The Bertz CT molecular complexity index is 1350. The van der Waals surface area contributed by atoms with Gasteiger partial charge in [0.15, 0.2) is 0 Å². The molecule has 1 saturated heterocycles. The van der Waals surface area contributed by atoms with Gasteiger partial charge >= 0.3 is 6.09 Å². The van der Waals surface area contributed by atoms with Crippen LogP contribution in [0.15, 0.2) is 46.3 Å². The monoisotopic (exact) mass is 562 g/mol. The fraction of sp³-hybridized carbons (Fsp3) is 0.444. The highest BCUT2D eigenvalue weighted by atomic mass is 35.5. The molecule has 0 saturated carbocycles. The van der Waals surface area contributed by atoms with Crippen LogP contribution in [-0.4, -0.2) is 63.0 Å². The van der Waals surface area contributed by atoms with Crippen LogP contribution in [0.1, 0.15) is 38.8 Å². The Morgan fingerprint density at radius 3 is 2.46 bits per heavy atom. The normalized spacial score (nSPS) is 14.8. The van der Waals surface area contributed by atoms with Crippen LogP contribution in [0.4, 0.5) is 4.79 Å². The number of hydrogen-bond acceptors (Lipinski definition) is 6. The largest absolute Gasteiger partial charge is 0.444 e. The number of thioether (sulfide) groups is 1. The number of benzene rings is 2. The molecule has 198 valence electrons. The first-order valence-electron chi connectivity index (χ1n) is 12.3. The Labute approximate surface area is 231 Å². The van der Waals surface area contributed by atoms with Gasteiger partial charge in [-0.25, -0.2) is 9.78 Å². The molecule has 0 radical (unpaired) electrons. The molecular weight excluding hydrogens is 531 g/mol. The van der Waals surface area contributed by atoms with E-state index in [1.165, 1.54) is 0 Å². The number of ether oxygens (including phenoxy) is 1. The van der Waals surface area contributed by atoms with Gasteiger partial charge in [0.05, 0.1) is 23.8 Å². The van der Waals surface area contributed by atoms with Gasteiger partial charge in [0.25, 0.3) is 5.56 Å². The highest BCUT2D eigenvalue weighted by Gasteiger charge is 2.26. The summed E-state index contributed by atoms with van der Waals surface area (Å²) in [5.74, 6) is 0.925. The number of amides is 1. The van der Waals surface area contributed by atoms with E-state index >= 15 is 0 Å². The molecule has 4 rings (SSSR count). The number of carbonyl (C=O) groups excluding carboxylic acids is 1. The zero-order valence-electron chi connectivity index (χ0n) is 21.6. The van der Waals surface area contributed by atoms with E-state index in [9.17, 15) is 9.59 Å². The summed E-state index contributed by atoms with van der Waals surface area (Å²) >= 11 is 14.6. The fourth-order valence-corrected chi connectivity index (χ4v) is 5.47. The maximum absolute atomic E-state index is 13.3. The molecule has 3 aromatic rings. The molecule has 1 fully saturated rings. The summed E-state index contributed by atoms with van der Waals surface area (Å²) in [6.45, 7) is 11.3. The fourth-order valence-electron chi connectivity index (χ4n) is 4.26. The summed E-state index contributed by atoms with van der Waals surface area (Å²) in [5.41, 5.74) is 1.85. The number of hydrogen-bond donors (Lipinski definition) is 0. The molecule has 0 spiro atoms. The van der Waals surface area contributed by atoms with E-state index in [-0.39, 0.29) is 11.7 Å². The zero-order valence-corrected chi connectivity index (χ0v) is 23.9. The first kappa shape index (κ1) is 27.8. The van der Waals surface area contributed by atoms with Crippen LogP contribution in [-0.2, 0) is 17.8 Å². The van der Waals surface area contributed by atoms with E-state index in [2.05, 4.69) is 16.8 Å². The van der Waals surface area contributed by atoms with Crippen molar-refractivity contribution in [1.82, 2.24) is 19.4 Å². The third-order valence-electron chi connectivity index (χ3n) is 6.07. The molecule has 1 aliphatic heterocycles. The van der Waals surface area contributed by atoms with Crippen LogP contribution >= 0.6 is 35.0 Å². The first-order valence-corrected chi connectivity index (χ1v) is 14.1. The standard InChI is InChI=1S/C27H32Cl2N4O3S/c1-5-37-24-7-6-20(28)12-19(24)16-33-17-30-23-13-18(22(29)14-21(23)25(33)34)15-31-8-10-32(11-9-31)26(35)36-27(2,3)4/h6-7,12-14,17H,5,8-11,15-16H2,1-4H3. The second-order valence-electron chi connectivity index (χ2n) is 10.1. The smallest absolute Gasteiger partial charge is 0.410 e. The summed E-state index contributed by atoms with van der Waals surface area (Å²) in [7, 11) is 0. The molecule has 1 aliphatic rings. The maximum Gasteiger partial charge on any atom is 0.410 e. The molecular formula is C27H32Cl2N4O3S. The van der Waals surface area contributed by atoms with Gasteiger partial charge in [-0.2, -0.15) is 0 Å². The number of nitrogens with zero attached hydrogens (tertiary/aromatic N) is 4. The van der Waals surface area contributed by atoms with Crippen LogP contribution in [0, 0.1) is 0 Å². The van der Waals surface area contributed by atoms with Gasteiger partial charge in [-0.3, -0.25) is 14.3 Å². The molecule has 7 nitrogen and oxygen atoms in total. The number of halogens is 2. The Hall–Kier alpha value is -2.26. The van der Waals surface area contributed by atoms with E-state index in [1.807, 2.05) is 45.0 Å². The second kappa shape index (κ2) is 11.6. The number of fused-ring (bicyclic) bond motifs is 1. The Morgan fingerprint density at radius 1 is 1.05 bits per heavy atom. The Balaban J connectivity index is 1.48. The van der Waals surface area contributed by atoms with E-state index in [0.29, 0.717) is 60.2 Å². The van der Waals surface area contributed by atoms with Gasteiger partial charge < -0.3 is 9.64 Å². The minimum atomic E-state index is -0.511. The molecule has 1 amide bonds. The summed E-state index contributed by atoms with van der Waals surface area (Å²) in [4.78, 5) is 35.3. The minimum Gasteiger partial charge on any atom is -0.444 e. The van der Waals surface area contributed by atoms with Gasteiger partial charge in [-0.05, 0) is 68.0 Å². The van der Waals surface area contributed by atoms with Gasteiger partial charge in [0.2, 0.25) is 0 Å². The van der Waals surface area contributed by atoms with Crippen LogP contribution in [0.3, 0.4) is 0 Å². The molecule has 1 aromatic heterocycles. The van der Waals surface area contributed by atoms with Crippen molar-refractivity contribution in [3.63, 3.8) is 0 Å². The molecule has 0 atom stereocenters. The summed E-state index contributed by atoms with van der Waals surface area (Å²) in [6.07, 6.45) is 1.30. The molecule has 0 N–H and O–H groups in total. The van der Waals surface area contributed by atoms with Crippen molar-refractivity contribution < 1.29 is 9.53 Å². The van der Waals surface area contributed by atoms with E-state index in [4.69, 9.17) is 27.9 Å². The second-order valence-corrected chi connectivity index (χ2v) is 12.2. The summed E-state index contributed by atoms with van der Waals surface area (Å²) < 4.78 is 7.08. The van der Waals surface area contributed by atoms with Crippen LogP contribution in [0.5, 0.6) is 0 Å². The van der Waals surface area contributed by atoms with Crippen LogP contribution in [0.2, 0.25) is 10.0 Å². The molecule has 10 heteroatoms. The van der Waals surface area contributed by atoms with Gasteiger partial charge in [0.1, 0.15) is 5.60 Å². The Kier molecular flexibility index (Phi) is 8.74. The molecule has 0 unspecified atom stereocenters. The summed E-state index contributed by atoms with van der Waals surface area (Å²) in [5, 5.41) is 1.65. The quantitative estimate of drug-likeness (QED) is 0.347. The molecule has 37 heavy (non-hydrogen) atoms. The molecule has 0 aliphatic carbocycles. The van der Waals surface area contributed by atoms with E-state index < -0.39 is 5.60 Å². The molecule has 0 bridgehead atoms. The number of piperazine rings is 1. The topological polar surface area (TPSA) is 67.7 Å². The third-order valence-corrected chi connectivity index (χ3v) is 7.66. The van der Waals surface area contributed by atoms with Crippen molar-refractivity contribution in [1.29, 1.82) is 0 Å². The van der Waals surface area contributed by atoms with Crippen molar-refractivity contribution in [2.75, 3.05) is 31.9 Å². The predicted octanol–water partition coefficient (Wildman–Crippen LogP) is 5.92. The SMILES string of the molecule is CCSc1ccc(Cl)cc1Cn1cnc2cc(CN3CCN(C(=O)OC(C)(C)C)CC3)c(Cl)cc2c1=O. The van der Waals surface area contributed by atoms with Gasteiger partial charge in [-0.1, -0.05) is 30.1 Å². The van der Waals surface area contributed by atoms with Crippen LogP contribution < -0.4 is 5.56 Å². The number of aromatic nitrogens is 2. The summed E-state index contributed by atoms with van der Waals surface area (Å²) in [6, 6.07) is 9.36. The van der Waals surface area contributed by atoms with E-state index in [1.54, 1.807) is 33.6 Å². The lowest BCUT2D eigenvalue weighted by atomic mass is 10.1. The molecule has 2 heterocycles. The lowest BCUT2D eigenvalue weighted by Crippen LogP contribution is -2.49.